The standard InChI is InChI=1S/C5H8O4/c6-3-1-5(8)9-2-4(3)7/h3,5-6,8H,1-2H2/t3-,5-/m1/s1. The Bertz CT molecular complexity index is 122. The molecule has 0 spiro atoms. The quantitative estimate of drug-likeness (QED) is 0.428. The first-order valence-electron chi connectivity index (χ1n) is 2.70. The third-order valence-electron chi connectivity index (χ3n) is 1.21. The van der Waals surface area contributed by atoms with Crippen molar-refractivity contribution in [2.45, 2.75) is 18.8 Å². The second-order valence-electron chi connectivity index (χ2n) is 1.98. The molecule has 1 aliphatic heterocycles. The molecule has 0 saturated carbocycles. The van der Waals surface area contributed by atoms with Crippen molar-refractivity contribution in [2.75, 3.05) is 6.61 Å². The molecule has 0 aliphatic carbocycles. The number of ether oxygens (including phenoxy) is 1. The highest BCUT2D eigenvalue weighted by Crippen LogP contribution is 2.07. The van der Waals surface area contributed by atoms with Gasteiger partial charge in [-0.1, -0.05) is 0 Å². The molecular formula is C5H8O4. The maximum absolute atomic E-state index is 10.5. The Kier molecular flexibility index (Phi) is 1.80. The van der Waals surface area contributed by atoms with E-state index in [1.807, 2.05) is 0 Å². The number of rotatable bonds is 0. The van der Waals surface area contributed by atoms with Crippen molar-refractivity contribution >= 4 is 5.78 Å². The predicted octanol–water partition coefficient (Wildman–Crippen LogP) is -1.34. The van der Waals surface area contributed by atoms with E-state index in [2.05, 4.69) is 4.74 Å². The van der Waals surface area contributed by atoms with Crippen LogP contribution in [0.1, 0.15) is 6.42 Å². The number of hydrogen-bond donors (Lipinski definition) is 2. The molecule has 1 fully saturated rings. The molecular weight excluding hydrogens is 124 g/mol. The van der Waals surface area contributed by atoms with Crippen molar-refractivity contribution < 1.29 is 19.7 Å². The highest BCUT2D eigenvalue weighted by molar-refractivity contribution is 5.84. The van der Waals surface area contributed by atoms with E-state index in [0.29, 0.717) is 0 Å². The molecule has 1 heterocycles. The summed E-state index contributed by atoms with van der Waals surface area (Å²) in [5, 5.41) is 17.4. The zero-order chi connectivity index (χ0) is 6.85. The zero-order valence-corrected chi connectivity index (χ0v) is 4.78. The lowest BCUT2D eigenvalue weighted by molar-refractivity contribution is -0.171. The van der Waals surface area contributed by atoms with E-state index in [1.54, 1.807) is 0 Å². The van der Waals surface area contributed by atoms with Crippen LogP contribution in [0.3, 0.4) is 0 Å². The van der Waals surface area contributed by atoms with Gasteiger partial charge in [0.15, 0.2) is 12.1 Å². The number of carbonyl (C=O) groups excluding carboxylic acids is 1. The molecule has 1 saturated heterocycles. The van der Waals surface area contributed by atoms with Crippen molar-refractivity contribution in [3.8, 4) is 0 Å². The van der Waals surface area contributed by atoms with E-state index < -0.39 is 12.4 Å². The molecule has 2 atom stereocenters. The number of ketones is 1. The topological polar surface area (TPSA) is 66.8 Å². The second kappa shape index (κ2) is 2.43. The minimum absolute atomic E-state index is 0.00116. The van der Waals surface area contributed by atoms with Crippen LogP contribution in [0.15, 0.2) is 0 Å². The Labute approximate surface area is 52.1 Å². The van der Waals surface area contributed by atoms with E-state index >= 15 is 0 Å². The van der Waals surface area contributed by atoms with Crippen molar-refractivity contribution in [3.63, 3.8) is 0 Å². The van der Waals surface area contributed by atoms with E-state index in [9.17, 15) is 4.79 Å². The summed E-state index contributed by atoms with van der Waals surface area (Å²) in [5.41, 5.74) is 0. The molecule has 0 unspecified atom stereocenters. The molecule has 9 heavy (non-hydrogen) atoms. The SMILES string of the molecule is O=C1CO[C@@H](O)C[C@H]1O. The van der Waals surface area contributed by atoms with Crippen molar-refractivity contribution in [2.24, 2.45) is 0 Å². The fourth-order valence-corrected chi connectivity index (χ4v) is 0.665. The summed E-state index contributed by atoms with van der Waals surface area (Å²) in [6, 6.07) is 0. The van der Waals surface area contributed by atoms with E-state index in [-0.39, 0.29) is 18.8 Å². The van der Waals surface area contributed by atoms with Gasteiger partial charge in [-0.25, -0.2) is 0 Å². The maximum atomic E-state index is 10.5. The molecule has 0 bridgehead atoms. The normalized spacial score (nSPS) is 36.9. The third kappa shape index (κ3) is 1.48. The van der Waals surface area contributed by atoms with Crippen LogP contribution in [0.2, 0.25) is 0 Å². The van der Waals surface area contributed by atoms with Gasteiger partial charge < -0.3 is 14.9 Å². The number of hydrogen-bond acceptors (Lipinski definition) is 4. The predicted molar refractivity (Wildman–Crippen MR) is 27.6 cm³/mol. The van der Waals surface area contributed by atoms with Gasteiger partial charge in [-0.15, -0.1) is 0 Å². The number of aliphatic hydroxyl groups is 2. The fraction of sp³-hybridized carbons (Fsp3) is 0.800. The second-order valence-corrected chi connectivity index (χ2v) is 1.98. The zero-order valence-electron chi connectivity index (χ0n) is 4.78. The highest BCUT2D eigenvalue weighted by atomic mass is 16.6. The molecule has 1 rings (SSSR count). The Morgan fingerprint density at radius 1 is 1.56 bits per heavy atom. The lowest BCUT2D eigenvalue weighted by Crippen LogP contribution is -2.37. The third-order valence-corrected chi connectivity index (χ3v) is 1.21. The first kappa shape index (κ1) is 6.67. The summed E-state index contributed by atoms with van der Waals surface area (Å²) in [4.78, 5) is 10.5. The maximum Gasteiger partial charge on any atom is 0.187 e. The van der Waals surface area contributed by atoms with Gasteiger partial charge in [-0.2, -0.15) is 0 Å². The number of Topliss-reactive ketones (excluding diaryl/α,β-unsaturated/α-hetero) is 1. The van der Waals surface area contributed by atoms with Gasteiger partial charge in [0.1, 0.15) is 12.7 Å². The van der Waals surface area contributed by atoms with Gasteiger partial charge in [0, 0.05) is 6.42 Å². The Morgan fingerprint density at radius 2 is 2.22 bits per heavy atom. The summed E-state index contributed by atoms with van der Waals surface area (Å²) < 4.78 is 4.51. The Morgan fingerprint density at radius 3 is 2.67 bits per heavy atom. The van der Waals surface area contributed by atoms with Crippen molar-refractivity contribution in [1.29, 1.82) is 0 Å². The first-order chi connectivity index (χ1) is 4.20. The highest BCUT2D eigenvalue weighted by Gasteiger charge is 2.25. The smallest absolute Gasteiger partial charge is 0.187 e. The summed E-state index contributed by atoms with van der Waals surface area (Å²) in [6.07, 6.45) is -2.01. The van der Waals surface area contributed by atoms with E-state index in [4.69, 9.17) is 10.2 Å². The lowest BCUT2D eigenvalue weighted by atomic mass is 10.1. The van der Waals surface area contributed by atoms with Crippen LogP contribution >= 0.6 is 0 Å². The summed E-state index contributed by atoms with van der Waals surface area (Å²) in [7, 11) is 0. The monoisotopic (exact) mass is 132 g/mol. The summed E-state index contributed by atoms with van der Waals surface area (Å²) in [6.45, 7) is -0.178. The van der Waals surface area contributed by atoms with Crippen molar-refractivity contribution in [3.05, 3.63) is 0 Å². The van der Waals surface area contributed by atoms with Crippen LogP contribution in [0, 0.1) is 0 Å². The van der Waals surface area contributed by atoms with Gasteiger partial charge in [-0.05, 0) is 0 Å². The minimum atomic E-state index is -1.03. The lowest BCUT2D eigenvalue weighted by Gasteiger charge is -2.20. The average molecular weight is 132 g/mol. The molecule has 0 aromatic heterocycles. The van der Waals surface area contributed by atoms with Gasteiger partial charge in [0.05, 0.1) is 0 Å². The Balaban J connectivity index is 2.44. The van der Waals surface area contributed by atoms with Gasteiger partial charge in [0.25, 0.3) is 0 Å². The van der Waals surface area contributed by atoms with Gasteiger partial charge in [0.2, 0.25) is 0 Å². The van der Waals surface area contributed by atoms with Crippen LogP contribution in [0.5, 0.6) is 0 Å². The van der Waals surface area contributed by atoms with E-state index in [0.717, 1.165) is 0 Å². The minimum Gasteiger partial charge on any atom is -0.385 e. The molecule has 4 nitrogen and oxygen atoms in total. The molecule has 0 amide bonds. The molecule has 0 aromatic carbocycles. The van der Waals surface area contributed by atoms with E-state index in [1.165, 1.54) is 0 Å². The van der Waals surface area contributed by atoms with Crippen molar-refractivity contribution in [1.82, 2.24) is 0 Å². The first-order valence-corrected chi connectivity index (χ1v) is 2.70. The van der Waals surface area contributed by atoms with Gasteiger partial charge in [-0.3, -0.25) is 4.79 Å². The largest absolute Gasteiger partial charge is 0.385 e. The van der Waals surface area contributed by atoms with Crippen LogP contribution in [-0.2, 0) is 9.53 Å². The van der Waals surface area contributed by atoms with Crippen LogP contribution in [-0.4, -0.2) is 35.0 Å². The van der Waals surface area contributed by atoms with Crippen LogP contribution in [0.25, 0.3) is 0 Å². The number of aliphatic hydroxyl groups excluding tert-OH is 2. The van der Waals surface area contributed by atoms with Crippen LogP contribution in [0.4, 0.5) is 0 Å². The number of carbonyl (C=O) groups is 1. The summed E-state index contributed by atoms with van der Waals surface area (Å²) in [5.74, 6) is -0.361. The summed E-state index contributed by atoms with van der Waals surface area (Å²) >= 11 is 0. The molecule has 2 N–H and O–H groups in total. The molecule has 1 aliphatic rings. The average Bonchev–Trinajstić information content (AvgIpc) is 1.80. The van der Waals surface area contributed by atoms with Gasteiger partial charge >= 0.3 is 0 Å². The fourth-order valence-electron chi connectivity index (χ4n) is 0.665. The van der Waals surface area contributed by atoms with Crippen LogP contribution < -0.4 is 0 Å². The molecule has 52 valence electrons. The molecule has 0 radical (unpaired) electrons. The molecule has 4 heteroatoms. The Hall–Kier alpha value is -0.450. The molecule has 0 aromatic rings.